The van der Waals surface area contributed by atoms with Crippen LogP contribution in [0.4, 0.5) is 9.59 Å². The Kier molecular flexibility index (Phi) is 8.31. The van der Waals surface area contributed by atoms with Crippen molar-refractivity contribution in [1.82, 2.24) is 9.88 Å². The minimum absolute atomic E-state index is 0.221. The maximum absolute atomic E-state index is 13.1. The van der Waals surface area contributed by atoms with Gasteiger partial charge < -0.3 is 24.3 Å². The highest BCUT2D eigenvalue weighted by atomic mass is 16.6. The fourth-order valence-corrected chi connectivity index (χ4v) is 4.15. The Morgan fingerprint density at radius 1 is 0.919 bits per heavy atom. The minimum Gasteiger partial charge on any atom is -0.496 e. The number of amides is 1. The van der Waals surface area contributed by atoms with E-state index in [0.717, 1.165) is 33.9 Å². The lowest BCUT2D eigenvalue weighted by molar-refractivity contribution is -0.107. The van der Waals surface area contributed by atoms with Gasteiger partial charge in [0.15, 0.2) is 0 Å². The molecular weight excluding hydrogens is 472 g/mol. The number of benzene rings is 2. The largest absolute Gasteiger partial charge is 0.496 e. The van der Waals surface area contributed by atoms with E-state index in [4.69, 9.17) is 14.2 Å². The van der Waals surface area contributed by atoms with E-state index in [-0.39, 0.29) is 6.42 Å². The molecule has 0 fully saturated rings. The summed E-state index contributed by atoms with van der Waals surface area (Å²) in [4.78, 5) is 36.6. The van der Waals surface area contributed by atoms with Gasteiger partial charge in [0.1, 0.15) is 23.2 Å². The standard InChI is InChI=1S/C29H36N2O6/c1-28(2,3)36-26(33)30-16-14-20-18-31(27(34)37-29(4,5)6)23-13-9-11-21(24(20)23)22-12-8-10-19(15-17-32)25(22)35-7/h8-13,17-18H,14-16H2,1-7H3,(H,30,33). The molecule has 0 aliphatic rings. The Morgan fingerprint density at radius 3 is 2.19 bits per heavy atom. The van der Waals surface area contributed by atoms with E-state index in [1.807, 2.05) is 57.2 Å². The van der Waals surface area contributed by atoms with Crippen molar-refractivity contribution in [2.75, 3.05) is 13.7 Å². The number of carbonyl (C=O) groups excluding carboxylic acids is 3. The number of ether oxygens (including phenoxy) is 3. The molecule has 37 heavy (non-hydrogen) atoms. The zero-order chi connectivity index (χ0) is 27.4. The number of alkyl carbamates (subject to hydrolysis) is 1. The normalized spacial score (nSPS) is 11.8. The maximum Gasteiger partial charge on any atom is 0.419 e. The second-order valence-corrected chi connectivity index (χ2v) is 10.8. The first-order chi connectivity index (χ1) is 17.3. The molecule has 3 rings (SSSR count). The van der Waals surface area contributed by atoms with E-state index in [1.165, 1.54) is 4.57 Å². The van der Waals surface area contributed by atoms with Crippen LogP contribution in [0, 0.1) is 0 Å². The zero-order valence-electron chi connectivity index (χ0n) is 22.6. The first kappa shape index (κ1) is 27.8. The minimum atomic E-state index is -0.671. The van der Waals surface area contributed by atoms with E-state index >= 15 is 0 Å². The molecule has 0 saturated carbocycles. The Bertz CT molecular complexity index is 1290. The molecule has 1 heterocycles. The van der Waals surface area contributed by atoms with Crippen molar-refractivity contribution in [3.05, 3.63) is 53.7 Å². The number of fused-ring (bicyclic) bond motifs is 1. The number of nitrogens with one attached hydrogen (secondary N) is 1. The number of aromatic nitrogens is 1. The van der Waals surface area contributed by atoms with Gasteiger partial charge in [-0.25, -0.2) is 9.59 Å². The van der Waals surface area contributed by atoms with Crippen molar-refractivity contribution in [2.24, 2.45) is 0 Å². The van der Waals surface area contributed by atoms with Crippen LogP contribution < -0.4 is 10.1 Å². The fraction of sp³-hybridized carbons (Fsp3) is 0.414. The van der Waals surface area contributed by atoms with Crippen molar-refractivity contribution >= 4 is 29.4 Å². The van der Waals surface area contributed by atoms with Gasteiger partial charge in [0.2, 0.25) is 0 Å². The third-order valence-corrected chi connectivity index (χ3v) is 5.45. The molecule has 198 valence electrons. The fourth-order valence-electron chi connectivity index (χ4n) is 4.15. The van der Waals surface area contributed by atoms with Gasteiger partial charge in [0.05, 0.1) is 12.6 Å². The van der Waals surface area contributed by atoms with Crippen LogP contribution in [-0.4, -0.2) is 47.9 Å². The molecule has 1 amide bonds. The predicted octanol–water partition coefficient (Wildman–Crippen LogP) is 5.91. The third kappa shape index (κ3) is 6.90. The van der Waals surface area contributed by atoms with E-state index in [0.29, 0.717) is 24.2 Å². The number of aldehydes is 1. The maximum atomic E-state index is 13.1. The molecule has 2 aromatic carbocycles. The highest BCUT2D eigenvalue weighted by Crippen LogP contribution is 2.39. The summed E-state index contributed by atoms with van der Waals surface area (Å²) in [5.74, 6) is 0.602. The summed E-state index contributed by atoms with van der Waals surface area (Å²) in [6.45, 7) is 11.2. The number of nitrogens with zero attached hydrogens (tertiary/aromatic N) is 1. The number of para-hydroxylation sites is 1. The van der Waals surface area contributed by atoms with Crippen LogP contribution in [-0.2, 0) is 27.1 Å². The highest BCUT2D eigenvalue weighted by molar-refractivity contribution is 6.03. The number of hydrogen-bond acceptors (Lipinski definition) is 6. The number of carbonyl (C=O) groups is 3. The number of methoxy groups -OCH3 is 1. The molecule has 8 nitrogen and oxygen atoms in total. The van der Waals surface area contributed by atoms with Crippen LogP contribution in [0.5, 0.6) is 5.75 Å². The quantitative estimate of drug-likeness (QED) is 0.399. The van der Waals surface area contributed by atoms with Gasteiger partial charge in [-0.2, -0.15) is 0 Å². The summed E-state index contributed by atoms with van der Waals surface area (Å²) >= 11 is 0. The summed E-state index contributed by atoms with van der Waals surface area (Å²) in [5.41, 5.74) is 2.65. The Labute approximate surface area is 217 Å². The van der Waals surface area contributed by atoms with E-state index < -0.39 is 23.4 Å². The molecule has 3 aromatic rings. The molecule has 0 atom stereocenters. The van der Waals surface area contributed by atoms with Crippen LogP contribution in [0.1, 0.15) is 52.7 Å². The molecule has 0 unspecified atom stereocenters. The SMILES string of the molecule is COc1c(CC=O)cccc1-c1cccc2c1c(CCNC(=O)OC(C)(C)C)cn2C(=O)OC(C)(C)C. The second-order valence-electron chi connectivity index (χ2n) is 10.8. The van der Waals surface area contributed by atoms with Crippen molar-refractivity contribution < 1.29 is 28.6 Å². The van der Waals surface area contributed by atoms with Gasteiger partial charge in [0, 0.05) is 35.7 Å². The summed E-state index contributed by atoms with van der Waals surface area (Å²) in [6, 6.07) is 11.3. The molecule has 0 spiro atoms. The van der Waals surface area contributed by atoms with Crippen molar-refractivity contribution in [1.29, 1.82) is 0 Å². The lowest BCUT2D eigenvalue weighted by atomic mass is 9.95. The molecule has 0 aliphatic heterocycles. The molecular formula is C29H36N2O6. The van der Waals surface area contributed by atoms with Crippen molar-refractivity contribution in [3.63, 3.8) is 0 Å². The molecule has 1 aromatic heterocycles. The van der Waals surface area contributed by atoms with Gasteiger partial charge >= 0.3 is 12.2 Å². The summed E-state index contributed by atoms with van der Waals surface area (Å²) in [7, 11) is 1.57. The monoisotopic (exact) mass is 508 g/mol. The molecule has 0 radical (unpaired) electrons. The van der Waals surface area contributed by atoms with Crippen LogP contribution in [0.15, 0.2) is 42.6 Å². The Balaban J connectivity index is 2.12. The molecule has 0 saturated heterocycles. The first-order valence-corrected chi connectivity index (χ1v) is 12.3. The second kappa shape index (κ2) is 11.1. The average molecular weight is 509 g/mol. The lowest BCUT2D eigenvalue weighted by Gasteiger charge is -2.20. The molecule has 0 aliphatic carbocycles. The van der Waals surface area contributed by atoms with E-state index in [9.17, 15) is 14.4 Å². The Hall–Kier alpha value is -3.81. The van der Waals surface area contributed by atoms with Gasteiger partial charge in [-0.05, 0) is 65.2 Å². The topological polar surface area (TPSA) is 95.9 Å². The zero-order valence-corrected chi connectivity index (χ0v) is 22.6. The van der Waals surface area contributed by atoms with Gasteiger partial charge in [-0.1, -0.05) is 30.3 Å². The van der Waals surface area contributed by atoms with Gasteiger partial charge in [0.25, 0.3) is 0 Å². The summed E-state index contributed by atoms with van der Waals surface area (Å²) < 4.78 is 18.2. The van der Waals surface area contributed by atoms with Crippen LogP contribution in [0.2, 0.25) is 0 Å². The van der Waals surface area contributed by atoms with E-state index in [1.54, 1.807) is 34.1 Å². The van der Waals surface area contributed by atoms with Crippen LogP contribution in [0.3, 0.4) is 0 Å². The van der Waals surface area contributed by atoms with Gasteiger partial charge in [-0.15, -0.1) is 0 Å². The predicted molar refractivity (Wildman–Crippen MR) is 143 cm³/mol. The van der Waals surface area contributed by atoms with Crippen LogP contribution in [0.25, 0.3) is 22.0 Å². The summed E-state index contributed by atoms with van der Waals surface area (Å²) in [6.07, 6.45) is 2.25. The van der Waals surface area contributed by atoms with Gasteiger partial charge in [-0.3, -0.25) is 4.57 Å². The van der Waals surface area contributed by atoms with Crippen LogP contribution >= 0.6 is 0 Å². The Morgan fingerprint density at radius 2 is 1.57 bits per heavy atom. The van der Waals surface area contributed by atoms with Crippen molar-refractivity contribution in [3.8, 4) is 16.9 Å². The lowest BCUT2D eigenvalue weighted by Crippen LogP contribution is -2.33. The number of rotatable bonds is 7. The highest BCUT2D eigenvalue weighted by Gasteiger charge is 2.24. The summed E-state index contributed by atoms with van der Waals surface area (Å²) in [5, 5.41) is 3.62. The number of hydrogen-bond donors (Lipinski definition) is 1. The molecule has 1 N–H and O–H groups in total. The smallest absolute Gasteiger partial charge is 0.419 e. The van der Waals surface area contributed by atoms with Crippen molar-refractivity contribution in [2.45, 2.75) is 65.6 Å². The first-order valence-electron chi connectivity index (χ1n) is 12.3. The van der Waals surface area contributed by atoms with E-state index in [2.05, 4.69) is 5.32 Å². The third-order valence-electron chi connectivity index (χ3n) is 5.45. The molecule has 8 heteroatoms. The molecule has 0 bridgehead atoms. The average Bonchev–Trinajstić information content (AvgIpc) is 3.16.